The fourth-order valence-corrected chi connectivity index (χ4v) is 2.24. The molecule has 1 amide bonds. The molecule has 0 fully saturated rings. The van der Waals surface area contributed by atoms with Gasteiger partial charge in [0.15, 0.2) is 0 Å². The summed E-state index contributed by atoms with van der Waals surface area (Å²) in [6.45, 7) is 5.01. The number of aliphatic hydroxyl groups is 1. The second-order valence-electron chi connectivity index (χ2n) is 5.73. The van der Waals surface area contributed by atoms with Gasteiger partial charge >= 0.3 is 0 Å². The lowest BCUT2D eigenvalue weighted by molar-refractivity contribution is -0.120. The highest BCUT2D eigenvalue weighted by Gasteiger charge is 2.16. The second kappa shape index (κ2) is 8.02. The van der Waals surface area contributed by atoms with Crippen LogP contribution in [0.25, 0.3) is 0 Å². The van der Waals surface area contributed by atoms with Crippen LogP contribution in [0.15, 0.2) is 24.3 Å². The molecule has 0 saturated heterocycles. The summed E-state index contributed by atoms with van der Waals surface area (Å²) in [7, 11) is 4.06. The number of hydrogen-bond acceptors (Lipinski definition) is 3. The zero-order valence-corrected chi connectivity index (χ0v) is 12.9. The van der Waals surface area contributed by atoms with Gasteiger partial charge in [-0.05, 0) is 31.1 Å². The summed E-state index contributed by atoms with van der Waals surface area (Å²) in [5, 5.41) is 12.0. The summed E-state index contributed by atoms with van der Waals surface area (Å²) in [5.41, 5.74) is 1.83. The molecule has 0 aliphatic rings. The molecule has 1 aromatic carbocycles. The molecule has 112 valence electrons. The van der Waals surface area contributed by atoms with E-state index in [9.17, 15) is 4.79 Å². The summed E-state index contributed by atoms with van der Waals surface area (Å²) >= 11 is 0. The number of hydrogen-bond donors (Lipinski definition) is 2. The summed E-state index contributed by atoms with van der Waals surface area (Å²) in [6, 6.07) is 7.81. The summed E-state index contributed by atoms with van der Waals surface area (Å²) < 4.78 is 0. The van der Waals surface area contributed by atoms with Crippen molar-refractivity contribution < 1.29 is 9.90 Å². The molecule has 0 spiro atoms. The molecule has 2 N–H and O–H groups in total. The van der Waals surface area contributed by atoms with Crippen molar-refractivity contribution in [1.82, 2.24) is 10.2 Å². The molecule has 1 rings (SSSR count). The van der Waals surface area contributed by atoms with Gasteiger partial charge in [0.05, 0.1) is 13.0 Å². The molecule has 1 aromatic rings. The predicted octanol–water partition coefficient (Wildman–Crippen LogP) is 1.42. The molecule has 1 unspecified atom stereocenters. The lowest BCUT2D eigenvalue weighted by Gasteiger charge is -2.28. The Balaban J connectivity index is 2.46. The molecule has 0 aromatic heterocycles. The second-order valence-corrected chi connectivity index (χ2v) is 5.73. The number of likely N-dealkylation sites (N-methyl/N-ethyl adjacent to an activating group) is 1. The third kappa shape index (κ3) is 5.31. The molecule has 0 saturated carbocycles. The third-order valence-electron chi connectivity index (χ3n) is 3.51. The Morgan fingerprint density at radius 3 is 2.20 bits per heavy atom. The molecule has 1 atom stereocenters. The molecular formula is C16H26N2O2. The SMILES string of the molecule is CC(C)C(CNC(=O)Cc1ccc(CO)cc1)N(C)C. The van der Waals surface area contributed by atoms with Crippen LogP contribution in [0.3, 0.4) is 0 Å². The molecule has 20 heavy (non-hydrogen) atoms. The third-order valence-corrected chi connectivity index (χ3v) is 3.51. The van der Waals surface area contributed by atoms with Crippen LogP contribution in [0.1, 0.15) is 25.0 Å². The van der Waals surface area contributed by atoms with Crippen molar-refractivity contribution in [3.63, 3.8) is 0 Å². The minimum absolute atomic E-state index is 0.0331. The van der Waals surface area contributed by atoms with Gasteiger partial charge in [-0.2, -0.15) is 0 Å². The Labute approximate surface area is 121 Å². The van der Waals surface area contributed by atoms with E-state index in [1.165, 1.54) is 0 Å². The van der Waals surface area contributed by atoms with Crippen molar-refractivity contribution in [2.24, 2.45) is 5.92 Å². The quantitative estimate of drug-likeness (QED) is 0.793. The highest BCUT2D eigenvalue weighted by molar-refractivity contribution is 5.78. The number of aliphatic hydroxyl groups excluding tert-OH is 1. The normalized spacial score (nSPS) is 12.8. The Hall–Kier alpha value is -1.39. The van der Waals surface area contributed by atoms with Gasteiger partial charge in [-0.25, -0.2) is 0 Å². The van der Waals surface area contributed by atoms with Crippen molar-refractivity contribution in [2.75, 3.05) is 20.6 Å². The van der Waals surface area contributed by atoms with E-state index in [2.05, 4.69) is 24.1 Å². The van der Waals surface area contributed by atoms with E-state index in [1.807, 2.05) is 38.4 Å². The number of amides is 1. The van der Waals surface area contributed by atoms with Crippen LogP contribution in [0, 0.1) is 5.92 Å². The van der Waals surface area contributed by atoms with Gasteiger partial charge in [-0.15, -0.1) is 0 Å². The van der Waals surface area contributed by atoms with Gasteiger partial charge < -0.3 is 15.3 Å². The standard InChI is InChI=1S/C16H26N2O2/c1-12(2)15(18(3)4)10-17-16(20)9-13-5-7-14(11-19)8-6-13/h5-8,12,15,19H,9-11H2,1-4H3,(H,17,20). The Morgan fingerprint density at radius 2 is 1.75 bits per heavy atom. The smallest absolute Gasteiger partial charge is 0.224 e. The average molecular weight is 278 g/mol. The first-order valence-corrected chi connectivity index (χ1v) is 7.05. The Bertz CT molecular complexity index is 405. The highest BCUT2D eigenvalue weighted by atomic mass is 16.3. The van der Waals surface area contributed by atoms with Gasteiger partial charge in [0.2, 0.25) is 5.91 Å². The first-order chi connectivity index (χ1) is 9.43. The summed E-state index contributed by atoms with van der Waals surface area (Å²) in [4.78, 5) is 14.1. The lowest BCUT2D eigenvalue weighted by atomic mass is 10.0. The molecule has 0 aliphatic carbocycles. The van der Waals surface area contributed by atoms with Crippen molar-refractivity contribution in [2.45, 2.75) is 32.9 Å². The summed E-state index contributed by atoms with van der Waals surface area (Å²) in [5.74, 6) is 0.531. The molecule has 0 bridgehead atoms. The van der Waals surface area contributed by atoms with Gasteiger partial charge in [0.1, 0.15) is 0 Å². The number of nitrogens with zero attached hydrogens (tertiary/aromatic N) is 1. The van der Waals surface area contributed by atoms with E-state index in [4.69, 9.17) is 5.11 Å². The van der Waals surface area contributed by atoms with Crippen LogP contribution in [0.4, 0.5) is 0 Å². The van der Waals surface area contributed by atoms with Gasteiger partial charge in [0.25, 0.3) is 0 Å². The van der Waals surface area contributed by atoms with E-state index in [1.54, 1.807) is 0 Å². The minimum Gasteiger partial charge on any atom is -0.392 e. The number of carbonyl (C=O) groups excluding carboxylic acids is 1. The minimum atomic E-state index is 0.0331. The van der Waals surface area contributed by atoms with E-state index in [0.717, 1.165) is 11.1 Å². The van der Waals surface area contributed by atoms with Crippen LogP contribution in [-0.2, 0) is 17.8 Å². The predicted molar refractivity (Wildman–Crippen MR) is 81.4 cm³/mol. The fourth-order valence-electron chi connectivity index (χ4n) is 2.24. The monoisotopic (exact) mass is 278 g/mol. The van der Waals surface area contributed by atoms with Crippen LogP contribution in [-0.4, -0.2) is 42.6 Å². The van der Waals surface area contributed by atoms with Crippen LogP contribution < -0.4 is 5.32 Å². The van der Waals surface area contributed by atoms with E-state index in [0.29, 0.717) is 24.9 Å². The first kappa shape index (κ1) is 16.7. The number of benzene rings is 1. The van der Waals surface area contributed by atoms with E-state index < -0.39 is 0 Å². The van der Waals surface area contributed by atoms with Crippen molar-refractivity contribution in [1.29, 1.82) is 0 Å². The van der Waals surface area contributed by atoms with Crippen LogP contribution in [0.2, 0.25) is 0 Å². The van der Waals surface area contributed by atoms with Gasteiger partial charge in [-0.3, -0.25) is 4.79 Å². The lowest BCUT2D eigenvalue weighted by Crippen LogP contribution is -2.43. The van der Waals surface area contributed by atoms with Crippen LogP contribution >= 0.6 is 0 Å². The van der Waals surface area contributed by atoms with Crippen molar-refractivity contribution in [3.05, 3.63) is 35.4 Å². The Morgan fingerprint density at radius 1 is 1.20 bits per heavy atom. The number of rotatable bonds is 7. The van der Waals surface area contributed by atoms with Gasteiger partial charge in [-0.1, -0.05) is 38.1 Å². The highest BCUT2D eigenvalue weighted by Crippen LogP contribution is 2.07. The molecule has 0 aliphatic heterocycles. The maximum Gasteiger partial charge on any atom is 0.224 e. The molecule has 4 heteroatoms. The van der Waals surface area contributed by atoms with Crippen LogP contribution in [0.5, 0.6) is 0 Å². The van der Waals surface area contributed by atoms with Gasteiger partial charge in [0, 0.05) is 12.6 Å². The van der Waals surface area contributed by atoms with E-state index >= 15 is 0 Å². The fraction of sp³-hybridized carbons (Fsp3) is 0.562. The molecule has 0 heterocycles. The first-order valence-electron chi connectivity index (χ1n) is 7.05. The molecular weight excluding hydrogens is 252 g/mol. The van der Waals surface area contributed by atoms with E-state index in [-0.39, 0.29) is 12.5 Å². The maximum absolute atomic E-state index is 11.9. The zero-order chi connectivity index (χ0) is 15.1. The number of nitrogens with one attached hydrogen (secondary N) is 1. The topological polar surface area (TPSA) is 52.6 Å². The average Bonchev–Trinajstić information content (AvgIpc) is 2.39. The number of carbonyl (C=O) groups is 1. The Kier molecular flexibility index (Phi) is 6.68. The zero-order valence-electron chi connectivity index (χ0n) is 12.9. The molecule has 4 nitrogen and oxygen atoms in total. The molecule has 0 radical (unpaired) electrons. The maximum atomic E-state index is 11.9. The van der Waals surface area contributed by atoms with Crippen molar-refractivity contribution >= 4 is 5.91 Å². The summed E-state index contributed by atoms with van der Waals surface area (Å²) in [6.07, 6.45) is 0.379. The van der Waals surface area contributed by atoms with Crippen molar-refractivity contribution in [3.8, 4) is 0 Å². The largest absolute Gasteiger partial charge is 0.392 e.